The van der Waals surface area contributed by atoms with Gasteiger partial charge in [-0.2, -0.15) is 0 Å². The Kier molecular flexibility index (Phi) is 1.21. The van der Waals surface area contributed by atoms with Crippen molar-refractivity contribution in [3.8, 4) is 5.88 Å². The van der Waals surface area contributed by atoms with Gasteiger partial charge in [-0.3, -0.25) is 0 Å². The fourth-order valence-electron chi connectivity index (χ4n) is 0.817. The third kappa shape index (κ3) is 0.899. The Balaban J connectivity index is 2.67. The molecular weight excluding hydrogens is 144 g/mol. The van der Waals surface area contributed by atoms with Crippen molar-refractivity contribution in [1.29, 1.82) is 0 Å². The molecule has 0 aliphatic rings. The molecule has 5 nitrogen and oxygen atoms in total. The first-order valence-electron chi connectivity index (χ1n) is 3.12. The zero-order valence-electron chi connectivity index (χ0n) is 5.93. The van der Waals surface area contributed by atoms with Gasteiger partial charge in [0.05, 0.1) is 13.3 Å². The highest BCUT2D eigenvalue weighted by Crippen LogP contribution is 2.05. The summed E-state index contributed by atoms with van der Waals surface area (Å²) in [5.41, 5.74) is 0.853. The molecule has 0 aliphatic carbocycles. The minimum Gasteiger partial charge on any atom is -0.480 e. The molecule has 0 saturated carbocycles. The highest BCUT2D eigenvalue weighted by atomic mass is 16.5. The van der Waals surface area contributed by atoms with Gasteiger partial charge in [0.1, 0.15) is 5.52 Å². The number of rotatable bonds is 1. The van der Waals surface area contributed by atoms with Gasteiger partial charge in [-0.05, 0) is 11.3 Å². The highest BCUT2D eigenvalue weighted by molar-refractivity contribution is 5.42. The Hall–Kier alpha value is -1.65. The second-order valence-electron chi connectivity index (χ2n) is 2.02. The van der Waals surface area contributed by atoms with E-state index in [1.165, 1.54) is 4.63 Å². The summed E-state index contributed by atoms with van der Waals surface area (Å²) in [6, 6.07) is 3.60. The number of aromatic nitrogens is 4. The van der Waals surface area contributed by atoms with E-state index >= 15 is 0 Å². The maximum Gasteiger partial charge on any atom is 0.233 e. The van der Waals surface area contributed by atoms with E-state index in [1.54, 1.807) is 19.4 Å². The Morgan fingerprint density at radius 2 is 2.36 bits per heavy atom. The molecule has 0 N–H and O–H groups in total. The van der Waals surface area contributed by atoms with E-state index < -0.39 is 0 Å². The Labute approximate surface area is 62.6 Å². The first-order chi connectivity index (χ1) is 5.40. The zero-order valence-corrected chi connectivity index (χ0v) is 5.93. The lowest BCUT2D eigenvalue weighted by Gasteiger charge is -1.95. The second-order valence-corrected chi connectivity index (χ2v) is 2.02. The second kappa shape index (κ2) is 2.19. The van der Waals surface area contributed by atoms with Crippen molar-refractivity contribution in [1.82, 2.24) is 20.0 Å². The van der Waals surface area contributed by atoms with Gasteiger partial charge < -0.3 is 4.74 Å². The summed E-state index contributed by atoms with van der Waals surface area (Å²) in [6.45, 7) is 0. The number of ether oxygens (including phenoxy) is 1. The van der Waals surface area contributed by atoms with Gasteiger partial charge in [0.2, 0.25) is 5.88 Å². The van der Waals surface area contributed by atoms with Crippen molar-refractivity contribution < 1.29 is 4.74 Å². The lowest BCUT2D eigenvalue weighted by molar-refractivity contribution is 0.386. The number of hydrogen-bond donors (Lipinski definition) is 0. The van der Waals surface area contributed by atoms with Crippen LogP contribution in [0.15, 0.2) is 18.3 Å². The molecule has 5 heteroatoms. The molecule has 2 aromatic rings. The van der Waals surface area contributed by atoms with Gasteiger partial charge in [-0.25, -0.2) is 0 Å². The Bertz CT molecular complexity index is 369. The summed E-state index contributed by atoms with van der Waals surface area (Å²) in [5.74, 6) is 0.531. The normalized spacial score (nSPS) is 10.3. The van der Waals surface area contributed by atoms with Crippen molar-refractivity contribution in [2.24, 2.45) is 0 Å². The summed E-state index contributed by atoms with van der Waals surface area (Å²) in [5, 5.41) is 11.3. The lowest BCUT2D eigenvalue weighted by Crippen LogP contribution is -1.96. The fraction of sp³-hybridized carbons (Fsp3) is 0.167. The molecule has 0 atom stereocenters. The molecule has 0 aromatic carbocycles. The molecule has 56 valence electrons. The maximum atomic E-state index is 4.89. The monoisotopic (exact) mass is 150 g/mol. The van der Waals surface area contributed by atoms with E-state index in [4.69, 9.17) is 4.74 Å². The minimum absolute atomic E-state index is 0.531. The minimum atomic E-state index is 0.531. The number of methoxy groups -OCH3 is 1. The van der Waals surface area contributed by atoms with Gasteiger partial charge in [-0.15, -0.1) is 14.8 Å². The van der Waals surface area contributed by atoms with Crippen LogP contribution in [-0.4, -0.2) is 27.2 Å². The average molecular weight is 150 g/mol. The number of hydrogen-bond acceptors (Lipinski definition) is 4. The summed E-state index contributed by atoms with van der Waals surface area (Å²) >= 11 is 0. The van der Waals surface area contributed by atoms with Gasteiger partial charge in [0.25, 0.3) is 0 Å². The topological polar surface area (TPSA) is 52.3 Å². The maximum absolute atomic E-state index is 4.89. The van der Waals surface area contributed by atoms with Crippen LogP contribution in [-0.2, 0) is 0 Å². The zero-order chi connectivity index (χ0) is 7.68. The van der Waals surface area contributed by atoms with E-state index in [9.17, 15) is 0 Å². The van der Waals surface area contributed by atoms with Crippen LogP contribution in [0.25, 0.3) is 5.52 Å². The van der Waals surface area contributed by atoms with Crippen LogP contribution in [0.4, 0.5) is 0 Å². The van der Waals surface area contributed by atoms with Crippen LogP contribution in [0.2, 0.25) is 0 Å². The quantitative estimate of drug-likeness (QED) is 0.580. The van der Waals surface area contributed by atoms with E-state index in [2.05, 4.69) is 15.4 Å². The number of nitrogens with zero attached hydrogens (tertiary/aromatic N) is 4. The Morgan fingerprint density at radius 1 is 1.45 bits per heavy atom. The molecule has 2 heterocycles. The molecule has 0 unspecified atom stereocenters. The molecule has 0 aliphatic heterocycles. The number of fused-ring (bicyclic) bond motifs is 1. The third-order valence-corrected chi connectivity index (χ3v) is 1.36. The van der Waals surface area contributed by atoms with Gasteiger partial charge in [0, 0.05) is 6.07 Å². The predicted molar refractivity (Wildman–Crippen MR) is 37.3 cm³/mol. The van der Waals surface area contributed by atoms with Crippen molar-refractivity contribution in [2.45, 2.75) is 0 Å². The fourth-order valence-corrected chi connectivity index (χ4v) is 0.817. The first kappa shape index (κ1) is 6.09. The summed E-state index contributed by atoms with van der Waals surface area (Å²) < 4.78 is 6.31. The van der Waals surface area contributed by atoms with Crippen LogP contribution in [0.3, 0.4) is 0 Å². The first-order valence-corrected chi connectivity index (χ1v) is 3.12. The van der Waals surface area contributed by atoms with E-state index in [0.29, 0.717) is 5.88 Å². The third-order valence-electron chi connectivity index (χ3n) is 1.36. The standard InChI is InChI=1S/C6H6N4O/c1-11-6-3-2-5-4-7-9-10(5)8-6/h2-4H,1H3. The van der Waals surface area contributed by atoms with E-state index in [-0.39, 0.29) is 0 Å². The van der Waals surface area contributed by atoms with Crippen LogP contribution in [0.1, 0.15) is 0 Å². The van der Waals surface area contributed by atoms with Crippen LogP contribution in [0.5, 0.6) is 5.88 Å². The van der Waals surface area contributed by atoms with Crippen LogP contribution in [0, 0.1) is 0 Å². The van der Waals surface area contributed by atoms with Gasteiger partial charge in [-0.1, -0.05) is 0 Å². The lowest BCUT2D eigenvalue weighted by atomic mass is 10.5. The molecule has 11 heavy (non-hydrogen) atoms. The average Bonchev–Trinajstić information content (AvgIpc) is 2.50. The molecule has 0 saturated heterocycles. The molecule has 2 rings (SSSR count). The smallest absolute Gasteiger partial charge is 0.233 e. The summed E-state index contributed by atoms with van der Waals surface area (Å²) in [4.78, 5) is 0. The molecule has 2 aromatic heterocycles. The molecule has 0 fully saturated rings. The van der Waals surface area contributed by atoms with Crippen LogP contribution < -0.4 is 4.74 Å². The van der Waals surface area contributed by atoms with E-state index in [0.717, 1.165) is 5.52 Å². The Morgan fingerprint density at radius 3 is 3.18 bits per heavy atom. The SMILES string of the molecule is COc1ccc2cnnn2n1. The van der Waals surface area contributed by atoms with Crippen molar-refractivity contribution in [3.05, 3.63) is 18.3 Å². The van der Waals surface area contributed by atoms with Crippen molar-refractivity contribution >= 4 is 5.52 Å². The molecule has 0 bridgehead atoms. The summed E-state index contributed by atoms with van der Waals surface area (Å²) in [7, 11) is 1.56. The van der Waals surface area contributed by atoms with Crippen LogP contribution >= 0.6 is 0 Å². The van der Waals surface area contributed by atoms with Gasteiger partial charge >= 0.3 is 0 Å². The highest BCUT2D eigenvalue weighted by Gasteiger charge is 1.96. The molecule has 0 spiro atoms. The molecule has 0 radical (unpaired) electrons. The van der Waals surface area contributed by atoms with E-state index in [1.807, 2.05) is 6.07 Å². The van der Waals surface area contributed by atoms with Crippen molar-refractivity contribution in [2.75, 3.05) is 7.11 Å². The largest absolute Gasteiger partial charge is 0.480 e. The van der Waals surface area contributed by atoms with Gasteiger partial charge in [0.15, 0.2) is 0 Å². The summed E-state index contributed by atoms with van der Waals surface area (Å²) in [6.07, 6.45) is 1.63. The molecular formula is C6H6N4O. The molecule has 0 amide bonds. The van der Waals surface area contributed by atoms with Crippen molar-refractivity contribution in [3.63, 3.8) is 0 Å². The predicted octanol–water partition coefficient (Wildman–Crippen LogP) is 0.133.